The number of thioether (sulfide) groups is 2. The number of aliphatic hydroxyl groups excluding tert-OH is 1. The number of benzene rings is 8. The van der Waals surface area contributed by atoms with E-state index in [4.69, 9.17) is 18.9 Å². The quantitative estimate of drug-likeness (QED) is 0.0387. The molecule has 2 saturated heterocycles. The van der Waals surface area contributed by atoms with Crippen molar-refractivity contribution in [3.8, 4) is 33.8 Å². The molecular formula is C81H92O5S2. The second kappa shape index (κ2) is 28.4. The molecule has 8 aromatic carbocycles. The van der Waals surface area contributed by atoms with Gasteiger partial charge in [0.25, 0.3) is 0 Å². The van der Waals surface area contributed by atoms with Crippen LogP contribution in [0.4, 0.5) is 0 Å². The molecule has 0 spiro atoms. The standard InChI is InChI=1S/C81H92O5S2/c1-5-78(6-2,63-37-41-69(42-38-63)81(66-27-19-12-20-28-66,72-47-51-75(52-48-72)84-55-76-57-87-76)68-35-31-62(32-36-68)60-23-15-10-16-24-60)85-54-73(82)53-83-74-49-45-71(46-50-74)80(65-25-17-11-18-26-65,67-33-29-61(30-34-67)59-21-13-9-14-22-59)70-43-39-64(40-44-70)79(7-3,8-4)86-56-77-58-88-77/h9-10,13-16,21-24,29-52,65-66,73,76-77,82H,5-8,11-12,17-20,25-28,53-58H2,1-4H3. The molecule has 2 saturated carbocycles. The minimum absolute atomic E-state index is 0.117. The molecule has 5 unspecified atom stereocenters. The third kappa shape index (κ3) is 13.2. The predicted molar refractivity (Wildman–Crippen MR) is 368 cm³/mol. The topological polar surface area (TPSA) is 57.2 Å². The molecule has 1 N–H and O–H groups in total. The molecule has 5 atom stereocenters. The summed E-state index contributed by atoms with van der Waals surface area (Å²) in [6.45, 7) is 10.8. The summed E-state index contributed by atoms with van der Waals surface area (Å²) in [6.07, 6.45) is 14.6. The van der Waals surface area contributed by atoms with E-state index >= 15 is 0 Å². The molecule has 0 amide bonds. The Kier molecular flexibility index (Phi) is 20.1. The summed E-state index contributed by atoms with van der Waals surface area (Å²) < 4.78 is 26.6. The van der Waals surface area contributed by atoms with E-state index in [-0.39, 0.29) is 24.2 Å². The highest BCUT2D eigenvalue weighted by Gasteiger charge is 2.47. The van der Waals surface area contributed by atoms with E-state index < -0.39 is 17.1 Å². The van der Waals surface area contributed by atoms with E-state index in [1.54, 1.807) is 0 Å². The van der Waals surface area contributed by atoms with Crippen LogP contribution >= 0.6 is 23.5 Å². The second-order valence-corrected chi connectivity index (χ2v) is 28.3. The lowest BCUT2D eigenvalue weighted by atomic mass is 9.58. The number of hydrogen-bond acceptors (Lipinski definition) is 7. The Hall–Kier alpha value is -6.06. The maximum atomic E-state index is 11.8. The summed E-state index contributed by atoms with van der Waals surface area (Å²) >= 11 is 3.97. The van der Waals surface area contributed by atoms with Gasteiger partial charge < -0.3 is 24.1 Å². The Morgan fingerprint density at radius 2 is 0.682 bits per heavy atom. The van der Waals surface area contributed by atoms with Crippen LogP contribution in [0.3, 0.4) is 0 Å². The van der Waals surface area contributed by atoms with Gasteiger partial charge in [-0.1, -0.05) is 248 Å². The second-order valence-electron chi connectivity index (χ2n) is 25.6. The fraction of sp³-hybridized carbons (Fsp3) is 0.407. The van der Waals surface area contributed by atoms with Gasteiger partial charge in [-0.05, 0) is 154 Å². The number of aliphatic hydroxyl groups is 1. The van der Waals surface area contributed by atoms with Gasteiger partial charge in [0.2, 0.25) is 0 Å². The van der Waals surface area contributed by atoms with Gasteiger partial charge in [-0.25, -0.2) is 0 Å². The fourth-order valence-corrected chi connectivity index (χ4v) is 16.3. The van der Waals surface area contributed by atoms with Gasteiger partial charge in [0.1, 0.15) is 30.8 Å². The van der Waals surface area contributed by atoms with Gasteiger partial charge >= 0.3 is 0 Å². The van der Waals surface area contributed by atoms with Crippen molar-refractivity contribution in [2.45, 2.75) is 156 Å². The molecule has 5 nitrogen and oxygen atoms in total. The van der Waals surface area contributed by atoms with Gasteiger partial charge in [0.05, 0.1) is 24.4 Å². The average molecular weight is 1210 g/mol. The third-order valence-corrected chi connectivity index (χ3v) is 22.6. The molecule has 2 aliphatic carbocycles. The average Bonchev–Trinajstić information content (AvgIpc) is 1.60. The molecule has 12 rings (SSSR count). The van der Waals surface area contributed by atoms with Gasteiger partial charge in [-0.15, -0.1) is 0 Å². The Morgan fingerprint density at radius 1 is 0.364 bits per heavy atom. The molecule has 2 heterocycles. The monoisotopic (exact) mass is 1210 g/mol. The molecule has 2 aliphatic heterocycles. The molecule has 0 aromatic heterocycles. The molecule has 7 heteroatoms. The fourth-order valence-electron chi connectivity index (χ4n) is 15.5. The van der Waals surface area contributed by atoms with E-state index in [0.29, 0.717) is 22.3 Å². The molecule has 0 radical (unpaired) electrons. The highest BCUT2D eigenvalue weighted by molar-refractivity contribution is 8.07. The van der Waals surface area contributed by atoms with Crippen molar-refractivity contribution in [1.29, 1.82) is 0 Å². The summed E-state index contributed by atoms with van der Waals surface area (Å²) in [4.78, 5) is 0. The first-order valence-electron chi connectivity index (χ1n) is 33.4. The largest absolute Gasteiger partial charge is 0.492 e. The molecule has 458 valence electrons. The first-order chi connectivity index (χ1) is 43.2. The van der Waals surface area contributed by atoms with Crippen molar-refractivity contribution in [2.75, 3.05) is 37.9 Å². The molecule has 4 aliphatic rings. The molecular weight excluding hydrogens is 1120 g/mol. The lowest BCUT2D eigenvalue weighted by Gasteiger charge is -2.45. The van der Waals surface area contributed by atoms with Crippen LogP contribution in [0, 0.1) is 11.8 Å². The summed E-state index contributed by atoms with van der Waals surface area (Å²) in [6, 6.07) is 77.3. The van der Waals surface area contributed by atoms with E-state index in [0.717, 1.165) is 81.6 Å². The first-order valence-corrected chi connectivity index (χ1v) is 35.5. The third-order valence-electron chi connectivity index (χ3n) is 20.7. The van der Waals surface area contributed by atoms with E-state index in [9.17, 15) is 5.11 Å². The summed E-state index contributed by atoms with van der Waals surface area (Å²) in [5.74, 6) is 4.86. The molecule has 4 fully saturated rings. The van der Waals surface area contributed by atoms with Crippen molar-refractivity contribution >= 4 is 23.5 Å². The molecule has 0 bridgehead atoms. The Morgan fingerprint density at radius 3 is 1.06 bits per heavy atom. The minimum Gasteiger partial charge on any atom is -0.492 e. The zero-order chi connectivity index (χ0) is 60.4. The smallest absolute Gasteiger partial charge is 0.119 e. The highest BCUT2D eigenvalue weighted by atomic mass is 32.2. The maximum absolute atomic E-state index is 11.8. The van der Waals surface area contributed by atoms with Crippen molar-refractivity contribution in [1.82, 2.24) is 0 Å². The van der Waals surface area contributed by atoms with Crippen LogP contribution in [0.5, 0.6) is 11.5 Å². The van der Waals surface area contributed by atoms with Crippen molar-refractivity contribution in [2.24, 2.45) is 11.8 Å². The van der Waals surface area contributed by atoms with Crippen LogP contribution < -0.4 is 9.47 Å². The molecule has 88 heavy (non-hydrogen) atoms. The van der Waals surface area contributed by atoms with Crippen LogP contribution in [0.2, 0.25) is 0 Å². The SMILES string of the molecule is CCC(CC)(OCC(O)COc1ccc(C(c2ccc(-c3ccccc3)cc2)(c2ccc(C(CC)(CC)OCC3CS3)cc2)C2CCCCC2)cc1)c1ccc(C(c2ccc(OCC3CS3)cc2)(c2ccc(-c3ccccc3)cc2)C2CCCCC2)cc1. The summed E-state index contributed by atoms with van der Waals surface area (Å²) in [7, 11) is 0. The van der Waals surface area contributed by atoms with Crippen LogP contribution in [-0.4, -0.2) is 59.6 Å². The predicted octanol–water partition coefficient (Wildman–Crippen LogP) is 20.0. The summed E-state index contributed by atoms with van der Waals surface area (Å²) in [5, 5.41) is 13.0. The van der Waals surface area contributed by atoms with Crippen LogP contribution in [0.25, 0.3) is 22.3 Å². The highest BCUT2D eigenvalue weighted by Crippen LogP contribution is 2.54. The maximum Gasteiger partial charge on any atom is 0.119 e. The van der Waals surface area contributed by atoms with Crippen LogP contribution in [-0.2, 0) is 31.5 Å². The Labute approximate surface area is 534 Å². The van der Waals surface area contributed by atoms with Gasteiger partial charge in [-0.2, -0.15) is 23.5 Å². The molecule has 8 aromatic rings. The van der Waals surface area contributed by atoms with E-state index in [1.165, 1.54) is 111 Å². The lowest BCUT2D eigenvalue weighted by Crippen LogP contribution is -2.39. The van der Waals surface area contributed by atoms with Crippen molar-refractivity contribution in [3.05, 3.63) is 251 Å². The normalized spacial score (nSPS) is 19.1. The zero-order valence-electron chi connectivity index (χ0n) is 52.6. The minimum atomic E-state index is -0.836. The van der Waals surface area contributed by atoms with Gasteiger partial charge in [-0.3, -0.25) is 0 Å². The number of hydrogen-bond donors (Lipinski definition) is 1. The Bertz CT molecular complexity index is 3420. The zero-order valence-corrected chi connectivity index (χ0v) is 54.2. The Balaban J connectivity index is 0.802. The number of ether oxygens (including phenoxy) is 4. The van der Waals surface area contributed by atoms with Gasteiger partial charge in [0, 0.05) is 32.8 Å². The van der Waals surface area contributed by atoms with E-state index in [1.807, 2.05) is 23.5 Å². The van der Waals surface area contributed by atoms with Crippen LogP contribution in [0.15, 0.2) is 206 Å². The first kappa shape index (κ1) is 62.1. The van der Waals surface area contributed by atoms with Crippen LogP contribution in [0.1, 0.15) is 162 Å². The lowest BCUT2D eigenvalue weighted by molar-refractivity contribution is -0.0961. The van der Waals surface area contributed by atoms with Crippen molar-refractivity contribution < 1.29 is 24.1 Å². The van der Waals surface area contributed by atoms with E-state index in [2.05, 4.69) is 234 Å². The van der Waals surface area contributed by atoms with Crippen molar-refractivity contribution in [3.63, 3.8) is 0 Å². The number of rotatable bonds is 28. The summed E-state index contributed by atoms with van der Waals surface area (Å²) in [5.41, 5.74) is 13.4. The van der Waals surface area contributed by atoms with Gasteiger partial charge in [0.15, 0.2) is 0 Å².